The first-order chi connectivity index (χ1) is 14.5. The summed E-state index contributed by atoms with van der Waals surface area (Å²) >= 11 is 0. The summed E-state index contributed by atoms with van der Waals surface area (Å²) in [6.07, 6.45) is 9.65. The Morgan fingerprint density at radius 3 is 2.87 bits per heavy atom. The molecule has 2 bridgehead atoms. The zero-order valence-electron chi connectivity index (χ0n) is 16.6. The maximum atomic E-state index is 13.6. The Morgan fingerprint density at radius 2 is 2.07 bits per heavy atom. The zero-order chi connectivity index (χ0) is 20.5. The van der Waals surface area contributed by atoms with Crippen LogP contribution in [0.5, 0.6) is 0 Å². The molecule has 7 rings (SSSR count). The Hall–Kier alpha value is -3.16. The molecule has 152 valence electrons. The van der Waals surface area contributed by atoms with Crippen LogP contribution in [0.4, 0.5) is 4.39 Å². The number of hydrogen-bond donors (Lipinski definition) is 0. The minimum Gasteiger partial charge on any atom is -0.272 e. The highest BCUT2D eigenvalue weighted by molar-refractivity contribution is 5.88. The summed E-state index contributed by atoms with van der Waals surface area (Å²) in [4.78, 5) is 21.7. The lowest BCUT2D eigenvalue weighted by molar-refractivity contribution is -0.223. The molecule has 0 radical (unpaired) electrons. The lowest BCUT2D eigenvalue weighted by Gasteiger charge is -2.69. The van der Waals surface area contributed by atoms with Crippen molar-refractivity contribution in [3.63, 3.8) is 0 Å². The summed E-state index contributed by atoms with van der Waals surface area (Å²) in [5.74, 6) is -0.345. The number of pyridine rings is 2. The maximum absolute atomic E-state index is 13.6. The van der Waals surface area contributed by atoms with E-state index < -0.39 is 5.82 Å². The predicted octanol–water partition coefficient (Wildman–Crippen LogP) is 3.40. The van der Waals surface area contributed by atoms with Gasteiger partial charge >= 0.3 is 0 Å². The molecule has 0 spiro atoms. The molecular formula is C22H21FN6O. The van der Waals surface area contributed by atoms with Crippen molar-refractivity contribution in [2.45, 2.75) is 45.2 Å². The van der Waals surface area contributed by atoms with Crippen LogP contribution in [-0.2, 0) is 11.3 Å². The van der Waals surface area contributed by atoms with E-state index in [2.05, 4.69) is 20.2 Å². The van der Waals surface area contributed by atoms with E-state index in [0.717, 1.165) is 42.5 Å². The van der Waals surface area contributed by atoms with Gasteiger partial charge in [-0.15, -0.1) is 0 Å². The lowest BCUT2D eigenvalue weighted by Crippen LogP contribution is -2.68. The van der Waals surface area contributed by atoms with Gasteiger partial charge in [0.2, 0.25) is 5.91 Å². The standard InChI is InChI=1S/C22H21FN6O/c1-14-2-3-17-18(26-14)9-28(27-17)13-21-10-22(11-21,12-21)20(30)29-19(4-5-25-29)15-6-16(23)8-24-7-15/h2-3,5-9,19H,4,10-13H2,1H3. The van der Waals surface area contributed by atoms with Crippen LogP contribution >= 0.6 is 0 Å². The van der Waals surface area contributed by atoms with Gasteiger partial charge in [0.1, 0.15) is 16.9 Å². The van der Waals surface area contributed by atoms with Gasteiger partial charge in [-0.2, -0.15) is 10.2 Å². The summed E-state index contributed by atoms with van der Waals surface area (Å²) in [5, 5.41) is 10.5. The third kappa shape index (κ3) is 2.52. The largest absolute Gasteiger partial charge is 0.272 e. The molecule has 4 aliphatic rings. The van der Waals surface area contributed by atoms with Crippen molar-refractivity contribution in [1.29, 1.82) is 0 Å². The van der Waals surface area contributed by atoms with Gasteiger partial charge in [-0.3, -0.25) is 14.5 Å². The van der Waals surface area contributed by atoms with Gasteiger partial charge in [0, 0.05) is 31.1 Å². The third-order valence-corrected chi connectivity index (χ3v) is 6.79. The normalized spacial score (nSPS) is 29.1. The van der Waals surface area contributed by atoms with Crippen molar-refractivity contribution in [3.05, 3.63) is 53.9 Å². The van der Waals surface area contributed by atoms with E-state index in [4.69, 9.17) is 0 Å². The molecule has 8 heteroatoms. The lowest BCUT2D eigenvalue weighted by atomic mass is 9.34. The molecule has 3 saturated carbocycles. The first kappa shape index (κ1) is 17.7. The van der Waals surface area contributed by atoms with Crippen LogP contribution in [0.1, 0.15) is 43.0 Å². The van der Waals surface area contributed by atoms with Gasteiger partial charge in [0.25, 0.3) is 0 Å². The molecule has 1 atom stereocenters. The molecule has 1 unspecified atom stereocenters. The van der Waals surface area contributed by atoms with Crippen LogP contribution in [-0.4, -0.2) is 36.9 Å². The minimum atomic E-state index is -0.396. The molecule has 0 aromatic carbocycles. The minimum absolute atomic E-state index is 0.0512. The summed E-state index contributed by atoms with van der Waals surface area (Å²) in [6, 6.07) is 5.13. The second kappa shape index (κ2) is 5.93. The SMILES string of the molecule is Cc1ccc2nn(CC34CC(C(=O)N5N=CCC5c5cncc(F)c5)(C3)C4)cc2n1. The topological polar surface area (TPSA) is 76.3 Å². The number of aromatic nitrogens is 4. The van der Waals surface area contributed by atoms with Crippen LogP contribution in [0.2, 0.25) is 0 Å². The van der Waals surface area contributed by atoms with Crippen LogP contribution in [0, 0.1) is 23.6 Å². The summed E-state index contributed by atoms with van der Waals surface area (Å²) in [5.41, 5.74) is 3.27. The predicted molar refractivity (Wildman–Crippen MR) is 108 cm³/mol. The van der Waals surface area contributed by atoms with Crippen LogP contribution in [0.3, 0.4) is 0 Å². The van der Waals surface area contributed by atoms with E-state index >= 15 is 0 Å². The van der Waals surface area contributed by atoms with E-state index in [-0.39, 0.29) is 22.8 Å². The highest BCUT2D eigenvalue weighted by atomic mass is 19.1. The summed E-state index contributed by atoms with van der Waals surface area (Å²) in [6.45, 7) is 2.78. The Bertz CT molecular complexity index is 1200. The van der Waals surface area contributed by atoms with E-state index in [1.54, 1.807) is 17.4 Å². The molecule has 3 fully saturated rings. The van der Waals surface area contributed by atoms with Gasteiger partial charge in [0.05, 0.1) is 23.9 Å². The number of rotatable bonds is 4. The smallest absolute Gasteiger partial charge is 0.249 e. The Balaban J connectivity index is 1.16. The molecule has 1 amide bonds. The highest BCUT2D eigenvalue weighted by Crippen LogP contribution is 2.74. The second-order valence-corrected chi connectivity index (χ2v) is 9.13. The fourth-order valence-corrected chi connectivity index (χ4v) is 5.61. The Kier molecular flexibility index (Phi) is 3.50. The van der Waals surface area contributed by atoms with Crippen LogP contribution in [0.15, 0.2) is 41.9 Å². The molecule has 1 aliphatic heterocycles. The highest BCUT2D eigenvalue weighted by Gasteiger charge is 2.72. The van der Waals surface area contributed by atoms with Crippen molar-refractivity contribution in [2.75, 3.05) is 0 Å². The van der Waals surface area contributed by atoms with Crippen LogP contribution < -0.4 is 0 Å². The number of carbonyl (C=O) groups excluding carboxylic acids is 1. The Labute approximate surface area is 172 Å². The molecule has 4 heterocycles. The van der Waals surface area contributed by atoms with Gasteiger partial charge in [0.15, 0.2) is 0 Å². The van der Waals surface area contributed by atoms with Crippen molar-refractivity contribution in [1.82, 2.24) is 24.8 Å². The van der Waals surface area contributed by atoms with Crippen molar-refractivity contribution in [2.24, 2.45) is 15.9 Å². The number of amides is 1. The maximum Gasteiger partial charge on any atom is 0.249 e. The fourth-order valence-electron chi connectivity index (χ4n) is 5.61. The monoisotopic (exact) mass is 404 g/mol. The first-order valence-corrected chi connectivity index (χ1v) is 10.2. The van der Waals surface area contributed by atoms with Gasteiger partial charge < -0.3 is 0 Å². The first-order valence-electron chi connectivity index (χ1n) is 10.2. The number of aryl methyl sites for hydroxylation is 1. The number of fused-ring (bicyclic) bond motifs is 1. The average Bonchev–Trinajstić information content (AvgIpc) is 3.29. The van der Waals surface area contributed by atoms with E-state index in [0.29, 0.717) is 12.0 Å². The molecule has 3 aromatic rings. The molecule has 30 heavy (non-hydrogen) atoms. The van der Waals surface area contributed by atoms with E-state index in [1.165, 1.54) is 12.3 Å². The van der Waals surface area contributed by atoms with E-state index in [9.17, 15) is 9.18 Å². The van der Waals surface area contributed by atoms with Crippen molar-refractivity contribution < 1.29 is 9.18 Å². The molecule has 0 N–H and O–H groups in total. The number of halogens is 1. The summed E-state index contributed by atoms with van der Waals surface area (Å²) in [7, 11) is 0. The van der Waals surface area contributed by atoms with Crippen molar-refractivity contribution in [3.8, 4) is 0 Å². The van der Waals surface area contributed by atoms with Gasteiger partial charge in [-0.1, -0.05) is 0 Å². The number of hydrogen-bond acceptors (Lipinski definition) is 5. The van der Waals surface area contributed by atoms with Gasteiger partial charge in [-0.25, -0.2) is 14.4 Å². The van der Waals surface area contributed by atoms with Crippen LogP contribution in [0.25, 0.3) is 11.0 Å². The molecule has 3 aliphatic carbocycles. The fraction of sp³-hybridized carbons (Fsp3) is 0.409. The van der Waals surface area contributed by atoms with Gasteiger partial charge in [-0.05, 0) is 55.4 Å². The Morgan fingerprint density at radius 1 is 1.23 bits per heavy atom. The molecule has 7 nitrogen and oxygen atoms in total. The molecule has 0 saturated heterocycles. The van der Waals surface area contributed by atoms with Crippen molar-refractivity contribution >= 4 is 23.2 Å². The number of carbonyl (C=O) groups is 1. The second-order valence-electron chi connectivity index (χ2n) is 9.13. The number of nitrogens with zero attached hydrogens (tertiary/aromatic N) is 6. The third-order valence-electron chi connectivity index (χ3n) is 6.79. The quantitative estimate of drug-likeness (QED) is 0.668. The molecule has 3 aromatic heterocycles. The van der Waals surface area contributed by atoms with E-state index in [1.807, 2.05) is 29.9 Å². The summed E-state index contributed by atoms with van der Waals surface area (Å²) < 4.78 is 15.6. The number of hydrazone groups is 1. The zero-order valence-corrected chi connectivity index (χ0v) is 16.6. The average molecular weight is 404 g/mol. The molecular weight excluding hydrogens is 383 g/mol.